The van der Waals surface area contributed by atoms with E-state index in [1.165, 1.54) is 6.92 Å². The molecule has 0 saturated carbocycles. The van der Waals surface area contributed by atoms with Gasteiger partial charge in [0, 0.05) is 19.5 Å². The van der Waals surface area contributed by atoms with Crippen LogP contribution in [0.15, 0.2) is 4.99 Å². The van der Waals surface area contributed by atoms with Crippen molar-refractivity contribution >= 4 is 18.0 Å². The standard InChI is InChI=1S/C18H39N7O3/c1-14(19)9-12-22-10-6-7-13-28-18(27)25-16(24-15(2)26)8-4-3-5-11-23-17(20)21/h14,16,22H,3-13,19H2,1-2H3,(H,24,26)(H,25,27)(H4,20,21,23)/t14-,16+/m1/s1. The first-order valence-corrected chi connectivity index (χ1v) is 10.0. The molecule has 0 unspecified atom stereocenters. The van der Waals surface area contributed by atoms with Crippen molar-refractivity contribution in [1.82, 2.24) is 16.0 Å². The third-order valence-electron chi connectivity index (χ3n) is 3.87. The van der Waals surface area contributed by atoms with E-state index < -0.39 is 12.3 Å². The molecule has 2 amide bonds. The van der Waals surface area contributed by atoms with Crippen LogP contribution in [-0.2, 0) is 9.53 Å². The second-order valence-electron chi connectivity index (χ2n) is 6.91. The second kappa shape index (κ2) is 17.1. The first-order valence-electron chi connectivity index (χ1n) is 10.0. The Kier molecular flexibility index (Phi) is 15.8. The topological polar surface area (TPSA) is 170 Å². The van der Waals surface area contributed by atoms with Crippen LogP contribution in [0, 0.1) is 0 Å². The largest absolute Gasteiger partial charge is 0.450 e. The fourth-order valence-electron chi connectivity index (χ4n) is 2.43. The molecule has 0 aliphatic carbocycles. The summed E-state index contributed by atoms with van der Waals surface area (Å²) in [6, 6.07) is 0.203. The number of nitrogens with two attached hydrogens (primary N) is 3. The minimum Gasteiger partial charge on any atom is -0.450 e. The Bertz CT molecular complexity index is 454. The Labute approximate surface area is 168 Å². The van der Waals surface area contributed by atoms with Gasteiger partial charge in [0.2, 0.25) is 5.91 Å². The number of carbonyl (C=O) groups excluding carboxylic acids is 2. The molecule has 2 atom stereocenters. The van der Waals surface area contributed by atoms with Gasteiger partial charge in [-0.05, 0) is 58.5 Å². The highest BCUT2D eigenvalue weighted by Crippen LogP contribution is 2.03. The summed E-state index contributed by atoms with van der Waals surface area (Å²) < 4.78 is 5.18. The highest BCUT2D eigenvalue weighted by Gasteiger charge is 2.13. The van der Waals surface area contributed by atoms with Gasteiger partial charge in [-0.1, -0.05) is 6.42 Å². The molecule has 0 aromatic rings. The zero-order valence-electron chi connectivity index (χ0n) is 17.3. The number of guanidine groups is 1. The van der Waals surface area contributed by atoms with Crippen molar-refractivity contribution in [3.63, 3.8) is 0 Å². The molecule has 9 N–H and O–H groups in total. The van der Waals surface area contributed by atoms with E-state index in [9.17, 15) is 9.59 Å². The molecule has 0 aliphatic heterocycles. The Morgan fingerprint density at radius 2 is 1.75 bits per heavy atom. The van der Waals surface area contributed by atoms with Crippen LogP contribution < -0.4 is 33.2 Å². The summed E-state index contributed by atoms with van der Waals surface area (Å²) in [6.07, 6.45) is 4.81. The third kappa shape index (κ3) is 18.7. The average molecular weight is 402 g/mol. The molecule has 0 aromatic heterocycles. The number of nitrogens with zero attached hydrogens (tertiary/aromatic N) is 1. The number of hydrogen-bond acceptors (Lipinski definition) is 6. The predicted octanol–water partition coefficient (Wildman–Crippen LogP) is 0.116. The quantitative estimate of drug-likeness (QED) is 0.0922. The first-order chi connectivity index (χ1) is 13.3. The minimum atomic E-state index is -0.524. The summed E-state index contributed by atoms with van der Waals surface area (Å²) in [5.41, 5.74) is 16.2. The molecule has 0 aliphatic rings. The van der Waals surface area contributed by atoms with Crippen LogP contribution in [0.4, 0.5) is 4.79 Å². The zero-order valence-corrected chi connectivity index (χ0v) is 17.3. The van der Waals surface area contributed by atoms with Gasteiger partial charge in [-0.3, -0.25) is 9.79 Å². The highest BCUT2D eigenvalue weighted by molar-refractivity contribution is 5.75. The number of hydrogen-bond donors (Lipinski definition) is 6. The monoisotopic (exact) mass is 401 g/mol. The van der Waals surface area contributed by atoms with E-state index in [4.69, 9.17) is 21.9 Å². The molecule has 0 aromatic carbocycles. The Morgan fingerprint density at radius 3 is 2.39 bits per heavy atom. The number of rotatable bonds is 16. The van der Waals surface area contributed by atoms with E-state index in [1.807, 2.05) is 6.92 Å². The van der Waals surface area contributed by atoms with Crippen molar-refractivity contribution < 1.29 is 14.3 Å². The molecule has 0 spiro atoms. The van der Waals surface area contributed by atoms with Gasteiger partial charge < -0.3 is 37.9 Å². The van der Waals surface area contributed by atoms with Crippen molar-refractivity contribution in [2.45, 2.75) is 71.0 Å². The minimum absolute atomic E-state index is 0.0847. The summed E-state index contributed by atoms with van der Waals surface area (Å²) in [5.74, 6) is -0.120. The SMILES string of the molecule is CC(=O)N[C@H](CCCCCN=C(N)N)NC(=O)OCCCCNCC[C@@H](C)N. The maximum absolute atomic E-state index is 11.9. The molecule has 0 radical (unpaired) electrons. The van der Waals surface area contributed by atoms with Crippen molar-refractivity contribution in [3.05, 3.63) is 0 Å². The normalized spacial score (nSPS) is 12.7. The molecule has 0 heterocycles. The van der Waals surface area contributed by atoms with Gasteiger partial charge in [0.05, 0.1) is 6.61 Å². The second-order valence-corrected chi connectivity index (χ2v) is 6.91. The van der Waals surface area contributed by atoms with Crippen molar-refractivity contribution in [3.8, 4) is 0 Å². The van der Waals surface area contributed by atoms with Crippen LogP contribution in [0.5, 0.6) is 0 Å². The fourth-order valence-corrected chi connectivity index (χ4v) is 2.43. The lowest BCUT2D eigenvalue weighted by molar-refractivity contribution is -0.119. The van der Waals surface area contributed by atoms with E-state index in [0.29, 0.717) is 19.6 Å². The first kappa shape index (κ1) is 25.9. The number of amides is 2. The Balaban J connectivity index is 3.87. The molecule has 164 valence electrons. The Morgan fingerprint density at radius 1 is 1.00 bits per heavy atom. The van der Waals surface area contributed by atoms with Gasteiger partial charge in [0.25, 0.3) is 0 Å². The number of alkyl carbamates (subject to hydrolysis) is 1. The van der Waals surface area contributed by atoms with Gasteiger partial charge in [0.1, 0.15) is 6.17 Å². The van der Waals surface area contributed by atoms with Gasteiger partial charge in [0.15, 0.2) is 5.96 Å². The summed E-state index contributed by atoms with van der Waals surface area (Å²) in [5, 5.41) is 8.70. The van der Waals surface area contributed by atoms with Gasteiger partial charge in [-0.15, -0.1) is 0 Å². The number of nitrogens with one attached hydrogen (secondary N) is 3. The van der Waals surface area contributed by atoms with E-state index >= 15 is 0 Å². The van der Waals surface area contributed by atoms with Crippen LogP contribution >= 0.6 is 0 Å². The zero-order chi connectivity index (χ0) is 21.2. The maximum Gasteiger partial charge on any atom is 0.408 e. The smallest absolute Gasteiger partial charge is 0.408 e. The van der Waals surface area contributed by atoms with Crippen molar-refractivity contribution in [2.24, 2.45) is 22.2 Å². The summed E-state index contributed by atoms with van der Waals surface area (Å²) in [6.45, 7) is 6.07. The molecule has 10 heteroatoms. The van der Waals surface area contributed by atoms with E-state index in [-0.39, 0.29) is 17.9 Å². The van der Waals surface area contributed by atoms with Crippen molar-refractivity contribution in [1.29, 1.82) is 0 Å². The van der Waals surface area contributed by atoms with Crippen LogP contribution in [0.1, 0.15) is 58.8 Å². The molecular formula is C18H39N7O3. The molecule has 10 nitrogen and oxygen atoms in total. The summed E-state index contributed by atoms with van der Waals surface area (Å²) in [4.78, 5) is 27.1. The van der Waals surface area contributed by atoms with Crippen LogP contribution in [0.3, 0.4) is 0 Å². The lowest BCUT2D eigenvalue weighted by Gasteiger charge is -2.19. The van der Waals surface area contributed by atoms with Gasteiger partial charge >= 0.3 is 6.09 Å². The van der Waals surface area contributed by atoms with Crippen LogP contribution in [-0.4, -0.2) is 56.4 Å². The van der Waals surface area contributed by atoms with Gasteiger partial charge in [-0.25, -0.2) is 4.79 Å². The average Bonchev–Trinajstić information content (AvgIpc) is 2.59. The third-order valence-corrected chi connectivity index (χ3v) is 3.87. The number of carbonyl (C=O) groups is 2. The van der Waals surface area contributed by atoms with E-state index in [1.54, 1.807) is 0 Å². The maximum atomic E-state index is 11.9. The summed E-state index contributed by atoms with van der Waals surface area (Å²) in [7, 11) is 0. The Hall–Kier alpha value is -2.07. The molecule has 0 bridgehead atoms. The predicted molar refractivity (Wildman–Crippen MR) is 112 cm³/mol. The lowest BCUT2D eigenvalue weighted by atomic mass is 10.1. The van der Waals surface area contributed by atoms with Crippen LogP contribution in [0.2, 0.25) is 0 Å². The number of ether oxygens (including phenoxy) is 1. The molecule has 0 saturated heterocycles. The summed E-state index contributed by atoms with van der Waals surface area (Å²) >= 11 is 0. The van der Waals surface area contributed by atoms with Crippen LogP contribution in [0.25, 0.3) is 0 Å². The van der Waals surface area contributed by atoms with E-state index in [0.717, 1.165) is 51.6 Å². The molecule has 28 heavy (non-hydrogen) atoms. The number of aliphatic imine (C=N–C) groups is 1. The number of unbranched alkanes of at least 4 members (excludes halogenated alkanes) is 3. The van der Waals surface area contributed by atoms with Gasteiger partial charge in [-0.2, -0.15) is 0 Å². The molecule has 0 fully saturated rings. The lowest BCUT2D eigenvalue weighted by Crippen LogP contribution is -2.47. The van der Waals surface area contributed by atoms with Crippen molar-refractivity contribution in [2.75, 3.05) is 26.2 Å². The fraction of sp³-hybridized carbons (Fsp3) is 0.833. The van der Waals surface area contributed by atoms with E-state index in [2.05, 4.69) is 20.9 Å². The molecule has 0 rings (SSSR count). The molecular weight excluding hydrogens is 362 g/mol. The highest BCUT2D eigenvalue weighted by atomic mass is 16.5.